The molecule has 0 aliphatic carbocycles. The summed E-state index contributed by atoms with van der Waals surface area (Å²) in [6, 6.07) is 11.0. The molecule has 1 aliphatic heterocycles. The van der Waals surface area contributed by atoms with Crippen molar-refractivity contribution < 1.29 is 31.8 Å². The molecule has 1 radical (unpaired) electrons. The van der Waals surface area contributed by atoms with Crippen molar-refractivity contribution in [1.29, 1.82) is 0 Å². The van der Waals surface area contributed by atoms with E-state index in [9.17, 15) is 14.7 Å². The average molecular weight is 347 g/mol. The van der Waals surface area contributed by atoms with E-state index in [1.165, 1.54) is 0 Å². The van der Waals surface area contributed by atoms with Gasteiger partial charge in [0.1, 0.15) is 0 Å². The van der Waals surface area contributed by atoms with Crippen LogP contribution in [0.3, 0.4) is 0 Å². The molecule has 0 fully saturated rings. The molecular weight excluding hydrogens is 330 g/mol. The molecule has 2 heterocycles. The van der Waals surface area contributed by atoms with Gasteiger partial charge in [0.15, 0.2) is 0 Å². The van der Waals surface area contributed by atoms with Crippen LogP contribution in [-0.4, -0.2) is 21.4 Å². The Hall–Kier alpha value is -1.84. The van der Waals surface area contributed by atoms with Gasteiger partial charge in [-0.25, -0.2) is 0 Å². The molecule has 0 saturated heterocycles. The fourth-order valence-corrected chi connectivity index (χ4v) is 2.94. The molecule has 0 bridgehead atoms. The van der Waals surface area contributed by atoms with Gasteiger partial charge in [-0.05, 0) is 31.9 Å². The molecule has 0 amide bonds. The summed E-state index contributed by atoms with van der Waals surface area (Å²) in [6.07, 6.45) is 1.42. The van der Waals surface area contributed by atoms with Crippen molar-refractivity contribution in [3.8, 4) is 0 Å². The number of rotatable bonds is 3. The molecular formula is C17H17CuNO3. The summed E-state index contributed by atoms with van der Waals surface area (Å²) in [6.45, 7) is 2.68. The second kappa shape index (κ2) is 6.51. The molecule has 1 N–H and O–H groups in total. The van der Waals surface area contributed by atoms with E-state index in [1.807, 2.05) is 35.8 Å². The summed E-state index contributed by atoms with van der Waals surface area (Å²) >= 11 is 0. The smallest absolute Gasteiger partial charge is 0.312 e. The third-order valence-corrected chi connectivity index (χ3v) is 4.09. The molecule has 5 heteroatoms. The summed E-state index contributed by atoms with van der Waals surface area (Å²) < 4.78 is 1.87. The maximum Gasteiger partial charge on any atom is 0.312 e. The number of carboxylic acid groups (broad SMARTS) is 1. The standard InChI is InChI=1S/C17H17NO3.Cu/c1-11-4-6-12(7-5-11)16(19)15-9-8-14-13(17(20)21)3-2-10-18(14)15;/h4-9,13H,2-3,10H2,1H3,(H,20,21);. The number of hydrogen-bond acceptors (Lipinski definition) is 2. The Labute approximate surface area is 139 Å². The van der Waals surface area contributed by atoms with Crippen molar-refractivity contribution in [2.24, 2.45) is 0 Å². The predicted octanol–water partition coefficient (Wildman–Crippen LogP) is 2.99. The minimum absolute atomic E-state index is 0. The van der Waals surface area contributed by atoms with Gasteiger partial charge in [0.25, 0.3) is 0 Å². The first-order valence-electron chi connectivity index (χ1n) is 7.11. The number of nitrogens with zero attached hydrogens (tertiary/aromatic N) is 1. The number of carbonyl (C=O) groups excluding carboxylic acids is 1. The third-order valence-electron chi connectivity index (χ3n) is 4.09. The Bertz CT molecular complexity index is 703. The molecule has 119 valence electrons. The van der Waals surface area contributed by atoms with Crippen LogP contribution in [-0.2, 0) is 28.4 Å². The molecule has 0 saturated carbocycles. The summed E-state index contributed by atoms with van der Waals surface area (Å²) in [5, 5.41) is 9.28. The van der Waals surface area contributed by atoms with E-state index in [2.05, 4.69) is 0 Å². The van der Waals surface area contributed by atoms with E-state index < -0.39 is 11.9 Å². The number of aromatic nitrogens is 1. The molecule has 0 spiro atoms. The number of benzene rings is 1. The van der Waals surface area contributed by atoms with Crippen molar-refractivity contribution in [1.82, 2.24) is 4.57 Å². The van der Waals surface area contributed by atoms with Crippen LogP contribution in [0.15, 0.2) is 36.4 Å². The zero-order chi connectivity index (χ0) is 15.0. The van der Waals surface area contributed by atoms with Crippen LogP contribution in [0.5, 0.6) is 0 Å². The number of aliphatic carboxylic acids is 1. The van der Waals surface area contributed by atoms with Crippen LogP contribution in [0, 0.1) is 6.92 Å². The molecule has 1 aromatic heterocycles. The molecule has 2 aromatic rings. The van der Waals surface area contributed by atoms with Gasteiger partial charge in [-0.1, -0.05) is 29.8 Å². The van der Waals surface area contributed by atoms with E-state index in [0.29, 0.717) is 24.2 Å². The van der Waals surface area contributed by atoms with Gasteiger partial charge < -0.3 is 9.67 Å². The second-order valence-corrected chi connectivity index (χ2v) is 5.52. The first kappa shape index (κ1) is 16.5. The topological polar surface area (TPSA) is 59.3 Å². The van der Waals surface area contributed by atoms with Crippen LogP contribution >= 0.6 is 0 Å². The number of ketones is 1. The number of carboxylic acids is 1. The maximum atomic E-state index is 12.6. The Kier molecular flexibility index (Phi) is 4.89. The minimum Gasteiger partial charge on any atom is -0.481 e. The molecule has 22 heavy (non-hydrogen) atoms. The van der Waals surface area contributed by atoms with Gasteiger partial charge in [0.2, 0.25) is 5.78 Å². The van der Waals surface area contributed by atoms with Crippen LogP contribution in [0.4, 0.5) is 0 Å². The molecule has 1 aliphatic rings. The SMILES string of the molecule is Cc1ccc(C(=O)c2ccc3n2CCCC3C(=O)O)cc1.[Cu]. The first-order chi connectivity index (χ1) is 10.1. The van der Waals surface area contributed by atoms with Crippen molar-refractivity contribution in [2.75, 3.05) is 0 Å². The number of hydrogen-bond donors (Lipinski definition) is 1. The second-order valence-electron chi connectivity index (χ2n) is 5.52. The van der Waals surface area contributed by atoms with E-state index >= 15 is 0 Å². The fraction of sp³-hybridized carbons (Fsp3) is 0.294. The molecule has 1 unspecified atom stereocenters. The van der Waals surface area contributed by atoms with Crippen molar-refractivity contribution in [3.63, 3.8) is 0 Å². The quantitative estimate of drug-likeness (QED) is 0.686. The van der Waals surface area contributed by atoms with Crippen LogP contribution in [0.25, 0.3) is 0 Å². The van der Waals surface area contributed by atoms with Gasteiger partial charge >= 0.3 is 5.97 Å². The fourth-order valence-electron chi connectivity index (χ4n) is 2.94. The molecule has 1 aromatic carbocycles. The number of fused-ring (bicyclic) bond motifs is 1. The summed E-state index contributed by atoms with van der Waals surface area (Å²) in [4.78, 5) is 23.9. The Morgan fingerprint density at radius 1 is 1.14 bits per heavy atom. The van der Waals surface area contributed by atoms with Gasteiger partial charge in [-0.3, -0.25) is 9.59 Å². The van der Waals surface area contributed by atoms with E-state index in [4.69, 9.17) is 0 Å². The molecule has 4 nitrogen and oxygen atoms in total. The van der Waals surface area contributed by atoms with Crippen LogP contribution in [0.2, 0.25) is 0 Å². The summed E-state index contributed by atoms with van der Waals surface area (Å²) in [5.74, 6) is -1.37. The van der Waals surface area contributed by atoms with Crippen LogP contribution < -0.4 is 0 Å². The normalized spacial score (nSPS) is 16.5. The summed E-state index contributed by atoms with van der Waals surface area (Å²) in [5.41, 5.74) is 3.07. The van der Waals surface area contributed by atoms with Crippen LogP contribution in [0.1, 0.15) is 46.1 Å². The maximum absolute atomic E-state index is 12.6. The van der Waals surface area contributed by atoms with E-state index in [0.717, 1.165) is 17.7 Å². The zero-order valence-corrected chi connectivity index (χ0v) is 13.1. The first-order valence-corrected chi connectivity index (χ1v) is 7.11. The Morgan fingerprint density at radius 2 is 1.82 bits per heavy atom. The Balaban J connectivity index is 0.00000176. The largest absolute Gasteiger partial charge is 0.481 e. The van der Waals surface area contributed by atoms with Gasteiger partial charge in [0, 0.05) is 34.9 Å². The van der Waals surface area contributed by atoms with Crippen molar-refractivity contribution in [2.45, 2.75) is 32.2 Å². The summed E-state index contributed by atoms with van der Waals surface area (Å²) in [7, 11) is 0. The van der Waals surface area contributed by atoms with Crippen molar-refractivity contribution in [3.05, 3.63) is 58.9 Å². The van der Waals surface area contributed by atoms with E-state index in [-0.39, 0.29) is 22.9 Å². The number of aryl methyl sites for hydroxylation is 1. The zero-order valence-electron chi connectivity index (χ0n) is 12.2. The van der Waals surface area contributed by atoms with Crippen molar-refractivity contribution >= 4 is 11.8 Å². The Morgan fingerprint density at radius 3 is 2.45 bits per heavy atom. The minimum atomic E-state index is -0.816. The molecule has 1 atom stereocenters. The van der Waals surface area contributed by atoms with Gasteiger partial charge in [-0.2, -0.15) is 0 Å². The monoisotopic (exact) mass is 346 g/mol. The predicted molar refractivity (Wildman–Crippen MR) is 78.7 cm³/mol. The number of carbonyl (C=O) groups is 2. The third kappa shape index (κ3) is 2.87. The van der Waals surface area contributed by atoms with Gasteiger partial charge in [0.05, 0.1) is 11.6 Å². The van der Waals surface area contributed by atoms with E-state index in [1.54, 1.807) is 12.1 Å². The average Bonchev–Trinajstić information content (AvgIpc) is 2.90. The molecule has 3 rings (SSSR count). The van der Waals surface area contributed by atoms with Gasteiger partial charge in [-0.15, -0.1) is 0 Å².